The van der Waals surface area contributed by atoms with Gasteiger partial charge in [0.1, 0.15) is 17.2 Å². The third kappa shape index (κ3) is 4.04. The minimum atomic E-state index is -0.286. The fraction of sp³-hybridized carbons (Fsp3) is 0.118. The number of fused-ring (bicyclic) bond motifs is 1. The maximum absolute atomic E-state index is 12.8. The van der Waals surface area contributed by atoms with Crippen LogP contribution in [-0.4, -0.2) is 21.6 Å². The number of carbonyl (C=O) groups is 1. The molecule has 23 heavy (non-hydrogen) atoms. The van der Waals surface area contributed by atoms with Gasteiger partial charge in [0, 0.05) is 11.9 Å². The molecule has 3 rings (SSSR count). The Morgan fingerprint density at radius 3 is 2.70 bits per heavy atom. The lowest BCUT2D eigenvalue weighted by Crippen LogP contribution is -2.24. The monoisotopic (exact) mass is 327 g/mol. The number of rotatable bonds is 5. The van der Waals surface area contributed by atoms with Gasteiger partial charge < -0.3 is 5.32 Å². The molecule has 0 fully saturated rings. The van der Waals surface area contributed by atoms with E-state index in [1.807, 2.05) is 24.3 Å². The SMILES string of the molecule is O=C(CSc1ncnc2ccccc12)NCc1ccc(F)cc1. The molecule has 0 spiro atoms. The molecule has 0 atom stereocenters. The second-order valence-corrected chi connectivity index (χ2v) is 5.85. The zero-order valence-electron chi connectivity index (χ0n) is 12.2. The molecule has 0 aliphatic rings. The third-order valence-electron chi connectivity index (χ3n) is 3.25. The Bertz CT molecular complexity index is 818. The van der Waals surface area contributed by atoms with Crippen molar-refractivity contribution in [3.05, 3.63) is 66.2 Å². The van der Waals surface area contributed by atoms with Crippen molar-refractivity contribution in [2.75, 3.05) is 5.75 Å². The summed E-state index contributed by atoms with van der Waals surface area (Å²) in [6, 6.07) is 13.8. The molecule has 0 bridgehead atoms. The predicted molar refractivity (Wildman–Crippen MR) is 88.5 cm³/mol. The lowest BCUT2D eigenvalue weighted by molar-refractivity contribution is -0.118. The van der Waals surface area contributed by atoms with E-state index in [-0.39, 0.29) is 17.5 Å². The highest BCUT2D eigenvalue weighted by molar-refractivity contribution is 8.00. The quantitative estimate of drug-likeness (QED) is 0.578. The van der Waals surface area contributed by atoms with Crippen molar-refractivity contribution < 1.29 is 9.18 Å². The molecule has 0 aliphatic carbocycles. The number of nitrogens with one attached hydrogen (secondary N) is 1. The van der Waals surface area contributed by atoms with E-state index in [1.54, 1.807) is 12.1 Å². The Morgan fingerprint density at radius 2 is 1.87 bits per heavy atom. The molecular formula is C17H14FN3OS. The van der Waals surface area contributed by atoms with E-state index in [0.717, 1.165) is 21.5 Å². The Kier molecular flexibility index (Phi) is 4.83. The molecule has 4 nitrogen and oxygen atoms in total. The van der Waals surface area contributed by atoms with Gasteiger partial charge in [-0.3, -0.25) is 4.79 Å². The smallest absolute Gasteiger partial charge is 0.230 e. The van der Waals surface area contributed by atoms with Crippen molar-refractivity contribution in [3.8, 4) is 0 Å². The summed E-state index contributed by atoms with van der Waals surface area (Å²) >= 11 is 1.37. The van der Waals surface area contributed by atoms with Crippen molar-refractivity contribution >= 4 is 28.6 Å². The van der Waals surface area contributed by atoms with Crippen LogP contribution < -0.4 is 5.32 Å². The molecule has 1 amide bonds. The van der Waals surface area contributed by atoms with E-state index < -0.39 is 0 Å². The van der Waals surface area contributed by atoms with Crippen LogP contribution in [0.5, 0.6) is 0 Å². The molecule has 0 saturated carbocycles. The zero-order valence-corrected chi connectivity index (χ0v) is 13.0. The molecule has 1 aromatic heterocycles. The van der Waals surface area contributed by atoms with Gasteiger partial charge in [-0.1, -0.05) is 42.1 Å². The van der Waals surface area contributed by atoms with E-state index in [4.69, 9.17) is 0 Å². The minimum absolute atomic E-state index is 0.0954. The fourth-order valence-corrected chi connectivity index (χ4v) is 2.90. The van der Waals surface area contributed by atoms with Crippen LogP contribution in [0.2, 0.25) is 0 Å². The van der Waals surface area contributed by atoms with Gasteiger partial charge in [-0.15, -0.1) is 0 Å². The van der Waals surface area contributed by atoms with Gasteiger partial charge in [0.15, 0.2) is 0 Å². The summed E-state index contributed by atoms with van der Waals surface area (Å²) in [5.74, 6) is -0.115. The first-order valence-corrected chi connectivity index (χ1v) is 8.04. The van der Waals surface area contributed by atoms with Gasteiger partial charge in [0.2, 0.25) is 5.91 Å². The van der Waals surface area contributed by atoms with E-state index >= 15 is 0 Å². The molecule has 0 unspecified atom stereocenters. The van der Waals surface area contributed by atoms with E-state index in [0.29, 0.717) is 6.54 Å². The van der Waals surface area contributed by atoms with Crippen LogP contribution in [0.1, 0.15) is 5.56 Å². The number of aromatic nitrogens is 2. The maximum atomic E-state index is 12.8. The molecule has 2 aromatic carbocycles. The van der Waals surface area contributed by atoms with Crippen molar-refractivity contribution in [2.45, 2.75) is 11.6 Å². The average molecular weight is 327 g/mol. The second-order valence-electron chi connectivity index (χ2n) is 4.89. The van der Waals surface area contributed by atoms with E-state index in [9.17, 15) is 9.18 Å². The van der Waals surface area contributed by atoms with Crippen LogP contribution in [0.3, 0.4) is 0 Å². The van der Waals surface area contributed by atoms with E-state index in [2.05, 4.69) is 15.3 Å². The van der Waals surface area contributed by atoms with Crippen LogP contribution in [0.25, 0.3) is 10.9 Å². The number of amides is 1. The summed E-state index contributed by atoms with van der Waals surface area (Å²) in [5, 5.41) is 4.53. The Labute approximate surface area is 137 Å². The summed E-state index contributed by atoms with van der Waals surface area (Å²) < 4.78 is 12.8. The molecule has 1 heterocycles. The van der Waals surface area contributed by atoms with Crippen LogP contribution >= 0.6 is 11.8 Å². The van der Waals surface area contributed by atoms with E-state index in [1.165, 1.54) is 30.2 Å². The van der Waals surface area contributed by atoms with Crippen molar-refractivity contribution in [1.82, 2.24) is 15.3 Å². The number of carbonyl (C=O) groups excluding carboxylic acids is 1. The van der Waals surface area contributed by atoms with Gasteiger partial charge in [-0.2, -0.15) is 0 Å². The molecule has 3 aromatic rings. The number of para-hydroxylation sites is 1. The normalized spacial score (nSPS) is 10.7. The van der Waals surface area contributed by atoms with Crippen LogP contribution in [0.15, 0.2) is 59.9 Å². The summed E-state index contributed by atoms with van der Waals surface area (Å²) in [7, 11) is 0. The summed E-state index contributed by atoms with van der Waals surface area (Å²) in [5.41, 5.74) is 1.72. The summed E-state index contributed by atoms with van der Waals surface area (Å²) in [6.45, 7) is 0.379. The molecule has 116 valence electrons. The molecule has 0 saturated heterocycles. The number of nitrogens with zero attached hydrogens (tertiary/aromatic N) is 2. The Hall–Kier alpha value is -2.47. The standard InChI is InChI=1S/C17H14FN3OS/c18-13-7-5-12(6-8-13)9-19-16(22)10-23-17-14-3-1-2-4-15(14)20-11-21-17/h1-8,11H,9-10H2,(H,19,22). The topological polar surface area (TPSA) is 54.9 Å². The summed E-state index contributed by atoms with van der Waals surface area (Å²) in [6.07, 6.45) is 1.50. The molecule has 6 heteroatoms. The molecular weight excluding hydrogens is 313 g/mol. The van der Waals surface area contributed by atoms with Gasteiger partial charge in [-0.25, -0.2) is 14.4 Å². The lowest BCUT2D eigenvalue weighted by Gasteiger charge is -2.06. The van der Waals surface area contributed by atoms with Crippen molar-refractivity contribution in [2.24, 2.45) is 0 Å². The average Bonchev–Trinajstić information content (AvgIpc) is 2.59. The van der Waals surface area contributed by atoms with Crippen molar-refractivity contribution in [1.29, 1.82) is 0 Å². The molecule has 0 radical (unpaired) electrons. The third-order valence-corrected chi connectivity index (χ3v) is 4.25. The first-order valence-electron chi connectivity index (χ1n) is 7.06. The van der Waals surface area contributed by atoms with Gasteiger partial charge >= 0.3 is 0 Å². The first-order chi connectivity index (χ1) is 11.2. The van der Waals surface area contributed by atoms with Gasteiger partial charge in [0.25, 0.3) is 0 Å². The highest BCUT2D eigenvalue weighted by Gasteiger charge is 2.07. The predicted octanol–water partition coefficient (Wildman–Crippen LogP) is 3.18. The first kappa shape index (κ1) is 15.4. The van der Waals surface area contributed by atoms with Crippen LogP contribution in [0.4, 0.5) is 4.39 Å². The van der Waals surface area contributed by atoms with Gasteiger partial charge in [-0.05, 0) is 23.8 Å². The fourth-order valence-electron chi connectivity index (χ4n) is 2.08. The Balaban J connectivity index is 1.57. The van der Waals surface area contributed by atoms with Crippen molar-refractivity contribution in [3.63, 3.8) is 0 Å². The molecule has 1 N–H and O–H groups in total. The number of hydrogen-bond acceptors (Lipinski definition) is 4. The highest BCUT2D eigenvalue weighted by Crippen LogP contribution is 2.23. The zero-order chi connectivity index (χ0) is 16.1. The largest absolute Gasteiger partial charge is 0.351 e. The molecule has 0 aliphatic heterocycles. The number of thioether (sulfide) groups is 1. The highest BCUT2D eigenvalue weighted by atomic mass is 32.2. The van der Waals surface area contributed by atoms with Crippen LogP contribution in [0, 0.1) is 5.82 Å². The van der Waals surface area contributed by atoms with Crippen LogP contribution in [-0.2, 0) is 11.3 Å². The summed E-state index contributed by atoms with van der Waals surface area (Å²) in [4.78, 5) is 20.4. The second kappa shape index (κ2) is 7.19. The Morgan fingerprint density at radius 1 is 1.09 bits per heavy atom. The maximum Gasteiger partial charge on any atom is 0.230 e. The lowest BCUT2D eigenvalue weighted by atomic mass is 10.2. The number of halogens is 1. The number of hydrogen-bond donors (Lipinski definition) is 1. The van der Waals surface area contributed by atoms with Gasteiger partial charge in [0.05, 0.1) is 11.3 Å². The number of benzene rings is 2. The minimum Gasteiger partial charge on any atom is -0.351 e.